The Morgan fingerprint density at radius 3 is 2.33 bits per heavy atom. The Bertz CT molecular complexity index is 941. The van der Waals surface area contributed by atoms with E-state index in [1.807, 2.05) is 37.3 Å². The minimum Gasteiger partial charge on any atom is -0.372 e. The van der Waals surface area contributed by atoms with Crippen molar-refractivity contribution in [3.8, 4) is 0 Å². The smallest absolute Gasteiger partial charge is 0.253 e. The summed E-state index contributed by atoms with van der Waals surface area (Å²) in [4.78, 5) is 32.7. The third-order valence-electron chi connectivity index (χ3n) is 5.01. The fraction of sp³-hybridized carbons (Fsp3) is 0.318. The molecule has 2 aliphatic rings. The van der Waals surface area contributed by atoms with Crippen LogP contribution in [0.2, 0.25) is 5.02 Å². The largest absolute Gasteiger partial charge is 0.372 e. The van der Waals surface area contributed by atoms with Crippen LogP contribution in [0.4, 0.5) is 15.8 Å². The van der Waals surface area contributed by atoms with Gasteiger partial charge in [-0.25, -0.2) is 4.39 Å². The number of ether oxygens (including phenoxy) is 2. The lowest BCUT2D eigenvalue weighted by Gasteiger charge is -2.29. The molecule has 3 amide bonds. The lowest BCUT2D eigenvalue weighted by Crippen LogP contribution is -2.42. The maximum absolute atomic E-state index is 14.9. The number of nitrogens with zero attached hydrogens (tertiary/aromatic N) is 2. The second-order valence-electron chi connectivity index (χ2n) is 6.97. The Labute approximate surface area is 196 Å². The first-order valence-corrected chi connectivity index (χ1v) is 10.4. The Hall–Kier alpha value is -3.21. The fourth-order valence-corrected chi connectivity index (χ4v) is 3.77. The lowest BCUT2D eigenvalue weighted by molar-refractivity contribution is -0.125. The van der Waals surface area contributed by atoms with Gasteiger partial charge in [-0.3, -0.25) is 14.4 Å². The number of hydrogen-bond acceptors (Lipinski definition) is 6. The van der Waals surface area contributed by atoms with E-state index < -0.39 is 5.82 Å². The van der Waals surface area contributed by atoms with Crippen molar-refractivity contribution in [1.82, 2.24) is 0 Å². The summed E-state index contributed by atoms with van der Waals surface area (Å²) in [6.07, 6.45) is 0.399. The summed E-state index contributed by atoms with van der Waals surface area (Å²) in [6, 6.07) is 12.4. The molecule has 178 valence electrons. The molecule has 0 spiro atoms. The van der Waals surface area contributed by atoms with Crippen LogP contribution in [-0.4, -0.2) is 51.3 Å². The Balaban J connectivity index is 0.000000582. The highest BCUT2D eigenvalue weighted by atomic mass is 35.5. The van der Waals surface area contributed by atoms with Gasteiger partial charge in [0.1, 0.15) is 19.2 Å². The zero-order chi connectivity index (χ0) is 24.4. The lowest BCUT2D eigenvalue weighted by atomic mass is 10.00. The van der Waals surface area contributed by atoms with Crippen molar-refractivity contribution < 1.29 is 28.2 Å². The summed E-state index contributed by atoms with van der Waals surface area (Å²) < 4.78 is 25.8. The maximum atomic E-state index is 14.9. The molecule has 4 N–H and O–H groups in total. The first kappa shape index (κ1) is 26.0. The molecule has 2 atom stereocenters. The molecule has 2 fully saturated rings. The van der Waals surface area contributed by atoms with Gasteiger partial charge in [0.05, 0.1) is 24.4 Å². The monoisotopic (exact) mass is 480 g/mol. The average Bonchev–Trinajstić information content (AvgIpc) is 3.17. The predicted molar refractivity (Wildman–Crippen MR) is 122 cm³/mol. The summed E-state index contributed by atoms with van der Waals surface area (Å²) in [5.74, 6) is -0.647. The van der Waals surface area contributed by atoms with Crippen LogP contribution in [0.15, 0.2) is 42.5 Å². The van der Waals surface area contributed by atoms with Crippen LogP contribution in [0.1, 0.15) is 18.5 Å². The normalized spacial score (nSPS) is 19.7. The molecule has 0 unspecified atom stereocenters. The van der Waals surface area contributed by atoms with Crippen molar-refractivity contribution in [2.24, 2.45) is 11.5 Å². The number of carbonyl (C=O) groups is 3. The predicted octanol–water partition coefficient (Wildman–Crippen LogP) is 1.97. The van der Waals surface area contributed by atoms with Gasteiger partial charge in [-0.05, 0) is 48.9 Å². The molecular formula is C22H26ClFN4O5. The number of hydrogen-bond donors (Lipinski definition) is 2. The second kappa shape index (κ2) is 12.7. The van der Waals surface area contributed by atoms with Gasteiger partial charge in [-0.2, -0.15) is 0 Å². The van der Waals surface area contributed by atoms with Gasteiger partial charge in [0, 0.05) is 17.3 Å². The number of nitrogens with two attached hydrogens (primary N) is 2. The molecule has 2 aromatic rings. The van der Waals surface area contributed by atoms with E-state index >= 15 is 0 Å². The molecule has 0 radical (unpaired) electrons. The van der Waals surface area contributed by atoms with Crippen LogP contribution in [0.5, 0.6) is 0 Å². The highest BCUT2D eigenvalue weighted by Crippen LogP contribution is 2.37. The molecule has 2 saturated heterocycles. The Morgan fingerprint density at radius 1 is 1.12 bits per heavy atom. The van der Waals surface area contributed by atoms with Gasteiger partial charge in [0.15, 0.2) is 0 Å². The van der Waals surface area contributed by atoms with E-state index in [1.54, 1.807) is 6.07 Å². The summed E-state index contributed by atoms with van der Waals surface area (Å²) >= 11 is 5.98. The Kier molecular flexibility index (Phi) is 10.0. The van der Waals surface area contributed by atoms with E-state index in [2.05, 4.69) is 16.4 Å². The molecule has 2 aromatic carbocycles. The Morgan fingerprint density at radius 2 is 1.76 bits per heavy atom. The molecule has 2 heterocycles. The van der Waals surface area contributed by atoms with Crippen LogP contribution in [0.25, 0.3) is 0 Å². The highest BCUT2D eigenvalue weighted by Gasteiger charge is 2.34. The summed E-state index contributed by atoms with van der Waals surface area (Å²) in [6.45, 7) is 3.13. The summed E-state index contributed by atoms with van der Waals surface area (Å²) in [5, 5.41) is 0.661. The summed E-state index contributed by atoms with van der Waals surface area (Å²) in [5.41, 5.74) is 10.4. The van der Waals surface area contributed by atoms with Gasteiger partial charge in [-0.1, -0.05) is 17.7 Å². The van der Waals surface area contributed by atoms with Crippen molar-refractivity contribution in [1.29, 1.82) is 0 Å². The topological polar surface area (TPSA) is 128 Å². The van der Waals surface area contributed by atoms with Crippen LogP contribution < -0.4 is 21.3 Å². The average molecular weight is 481 g/mol. The number of primary amides is 2. The second-order valence-corrected chi connectivity index (χ2v) is 7.41. The number of carbonyl (C=O) groups excluding carboxylic acids is 3. The van der Waals surface area contributed by atoms with Crippen molar-refractivity contribution in [2.75, 3.05) is 36.3 Å². The highest BCUT2D eigenvalue weighted by molar-refractivity contribution is 6.30. The number of halogens is 2. The zero-order valence-corrected chi connectivity index (χ0v) is 18.8. The molecule has 0 saturated carbocycles. The van der Waals surface area contributed by atoms with Gasteiger partial charge >= 0.3 is 0 Å². The fourth-order valence-electron chi connectivity index (χ4n) is 3.64. The van der Waals surface area contributed by atoms with Crippen LogP contribution in [-0.2, 0) is 23.9 Å². The van der Waals surface area contributed by atoms with E-state index in [9.17, 15) is 9.18 Å². The van der Waals surface area contributed by atoms with Crippen molar-refractivity contribution in [3.05, 3.63) is 58.9 Å². The number of benzene rings is 2. The van der Waals surface area contributed by atoms with E-state index in [4.69, 9.17) is 30.7 Å². The third-order valence-corrected chi connectivity index (χ3v) is 5.26. The molecule has 0 bridgehead atoms. The van der Waals surface area contributed by atoms with Gasteiger partial charge in [-0.15, -0.1) is 0 Å². The molecule has 0 aromatic heterocycles. The SMILES string of the molecule is C[C@@H]1OCN(c2ccc(Cl)cc2)[C@@H]1c1ccc(N2CCOCC2=O)c(F)c1.NC=O.NC=O. The van der Waals surface area contributed by atoms with E-state index in [0.717, 1.165) is 11.3 Å². The van der Waals surface area contributed by atoms with E-state index in [0.29, 0.717) is 24.9 Å². The number of amides is 3. The van der Waals surface area contributed by atoms with Crippen LogP contribution >= 0.6 is 11.6 Å². The van der Waals surface area contributed by atoms with Gasteiger partial charge in [0.2, 0.25) is 12.8 Å². The zero-order valence-electron chi connectivity index (χ0n) is 18.0. The molecule has 2 aliphatic heterocycles. The molecular weight excluding hydrogens is 455 g/mol. The standard InChI is InChI=1S/C20H20ClFN2O3.2CH3NO/c1-13-20(24(12-27-13)16-5-3-15(21)4-6-16)14-2-7-18(17(22)10-14)23-8-9-26-11-19(23)25;2*2-1-3/h2-7,10,13,20H,8-9,11-12H2,1H3;2*1H,(H2,2,3)/t13-,20-;;/m0../s1. The van der Waals surface area contributed by atoms with E-state index in [1.165, 1.54) is 11.0 Å². The minimum absolute atomic E-state index is 0.0148. The quantitative estimate of drug-likeness (QED) is 0.646. The molecule has 33 heavy (non-hydrogen) atoms. The van der Waals surface area contributed by atoms with Gasteiger partial charge in [0.25, 0.3) is 5.91 Å². The van der Waals surface area contributed by atoms with Gasteiger partial charge < -0.3 is 30.7 Å². The first-order chi connectivity index (χ1) is 15.9. The molecule has 0 aliphatic carbocycles. The molecule has 11 heteroatoms. The molecule has 9 nitrogen and oxygen atoms in total. The van der Waals surface area contributed by atoms with Crippen molar-refractivity contribution in [2.45, 2.75) is 19.1 Å². The summed E-state index contributed by atoms with van der Waals surface area (Å²) in [7, 11) is 0. The third kappa shape index (κ3) is 6.64. The van der Waals surface area contributed by atoms with Crippen molar-refractivity contribution in [3.63, 3.8) is 0 Å². The minimum atomic E-state index is -0.419. The van der Waals surface area contributed by atoms with Crippen LogP contribution in [0.3, 0.4) is 0 Å². The molecule has 4 rings (SSSR count). The number of morpholine rings is 1. The van der Waals surface area contributed by atoms with Crippen molar-refractivity contribution >= 4 is 41.7 Å². The first-order valence-electron chi connectivity index (χ1n) is 10.00. The van der Waals surface area contributed by atoms with Crippen LogP contribution in [0, 0.1) is 5.82 Å². The number of rotatable bonds is 3. The number of anilines is 2. The van der Waals surface area contributed by atoms with E-state index in [-0.39, 0.29) is 43.2 Å². The maximum Gasteiger partial charge on any atom is 0.253 e.